The summed E-state index contributed by atoms with van der Waals surface area (Å²) in [6.07, 6.45) is 9.72. The second-order valence-electron chi connectivity index (χ2n) is 12.0. The third kappa shape index (κ3) is 4.32. The number of fused-ring (bicyclic) bond motifs is 6. The van der Waals surface area contributed by atoms with Crippen molar-refractivity contribution in [3.63, 3.8) is 0 Å². The van der Waals surface area contributed by atoms with Crippen molar-refractivity contribution in [1.82, 2.24) is 0 Å². The predicted octanol–water partition coefficient (Wildman–Crippen LogP) is 13.1. The molecule has 0 spiro atoms. The molecule has 0 amide bonds. The van der Waals surface area contributed by atoms with Crippen LogP contribution in [-0.2, 0) is 0 Å². The maximum absolute atomic E-state index is 6.40. The number of furan rings is 1. The molecule has 0 atom stereocenters. The van der Waals surface area contributed by atoms with Crippen LogP contribution in [-0.4, -0.2) is 0 Å². The minimum atomic E-state index is 0.919. The van der Waals surface area contributed by atoms with E-state index in [1.807, 2.05) is 29.5 Å². The fourth-order valence-corrected chi connectivity index (χ4v) is 8.37. The standard InChI is InChI=1S/C45H28OS/c1-3-4-15-32-28(2)43(36-18-7-8-19-37(36)44(32)35-20-11-14-29-13-5-6-16-33(29)35)30-24-25-41-31(26-30)27-42(47-41)39-22-12-21-38-34-17-9-10-23-40(34)46-45(38)39/h1,4-27H,2H3/b15-4-. The molecule has 0 aliphatic rings. The van der Waals surface area contributed by atoms with E-state index in [-0.39, 0.29) is 0 Å². The second kappa shape index (κ2) is 10.9. The first-order chi connectivity index (χ1) is 23.2. The summed E-state index contributed by atoms with van der Waals surface area (Å²) in [4.78, 5) is 1.20. The first-order valence-corrected chi connectivity index (χ1v) is 16.6. The van der Waals surface area contributed by atoms with E-state index < -0.39 is 0 Å². The van der Waals surface area contributed by atoms with Gasteiger partial charge >= 0.3 is 0 Å². The number of benzene rings is 7. The molecule has 0 fully saturated rings. The molecule has 1 nitrogen and oxygen atoms in total. The number of rotatable bonds is 4. The van der Waals surface area contributed by atoms with Crippen molar-refractivity contribution < 1.29 is 4.42 Å². The van der Waals surface area contributed by atoms with Crippen LogP contribution in [0.15, 0.2) is 144 Å². The fraction of sp³-hybridized carbons (Fsp3) is 0.0222. The van der Waals surface area contributed by atoms with Crippen LogP contribution < -0.4 is 0 Å². The Labute approximate surface area is 277 Å². The van der Waals surface area contributed by atoms with Gasteiger partial charge in [0.05, 0.1) is 0 Å². The first-order valence-electron chi connectivity index (χ1n) is 15.8. The Morgan fingerprint density at radius 3 is 2.15 bits per heavy atom. The van der Waals surface area contributed by atoms with Crippen LogP contribution in [0.1, 0.15) is 11.1 Å². The largest absolute Gasteiger partial charge is 0.455 e. The topological polar surface area (TPSA) is 13.1 Å². The molecule has 0 unspecified atom stereocenters. The minimum absolute atomic E-state index is 0.919. The lowest BCUT2D eigenvalue weighted by Gasteiger charge is -2.21. The molecular weight excluding hydrogens is 589 g/mol. The van der Waals surface area contributed by atoms with Crippen molar-refractivity contribution in [2.75, 3.05) is 0 Å². The summed E-state index contributed by atoms with van der Waals surface area (Å²) >= 11 is 1.81. The van der Waals surface area contributed by atoms with Crippen LogP contribution in [0.2, 0.25) is 0 Å². The van der Waals surface area contributed by atoms with E-state index in [1.165, 1.54) is 64.3 Å². The summed E-state index contributed by atoms with van der Waals surface area (Å²) in [5.74, 6) is 2.74. The van der Waals surface area contributed by atoms with Crippen molar-refractivity contribution in [3.05, 3.63) is 151 Å². The Morgan fingerprint density at radius 1 is 0.617 bits per heavy atom. The van der Waals surface area contributed by atoms with Crippen molar-refractivity contribution in [3.8, 4) is 45.0 Å². The van der Waals surface area contributed by atoms with Gasteiger partial charge in [-0.15, -0.1) is 17.8 Å². The average Bonchev–Trinajstić information content (AvgIpc) is 3.72. The number of hydrogen-bond acceptors (Lipinski definition) is 2. The maximum atomic E-state index is 6.40. The summed E-state index contributed by atoms with van der Waals surface area (Å²) in [5.41, 5.74) is 10.2. The van der Waals surface area contributed by atoms with E-state index in [9.17, 15) is 0 Å². The number of thiophene rings is 1. The molecule has 2 heteroatoms. The van der Waals surface area contributed by atoms with Crippen LogP contribution in [0, 0.1) is 19.3 Å². The molecule has 7 aromatic carbocycles. The van der Waals surface area contributed by atoms with Gasteiger partial charge in [-0.2, -0.15) is 0 Å². The molecule has 0 aliphatic carbocycles. The number of terminal acetylenes is 1. The second-order valence-corrected chi connectivity index (χ2v) is 13.1. The van der Waals surface area contributed by atoms with Gasteiger partial charge in [-0.25, -0.2) is 0 Å². The molecule has 2 heterocycles. The normalized spacial score (nSPS) is 11.8. The molecule has 2 aromatic heterocycles. The quantitative estimate of drug-likeness (QED) is 0.179. The van der Waals surface area contributed by atoms with Gasteiger partial charge in [-0.1, -0.05) is 109 Å². The molecule has 9 aromatic rings. The Balaban J connectivity index is 1.27. The summed E-state index contributed by atoms with van der Waals surface area (Å²) in [5, 5.41) is 8.41. The van der Waals surface area contributed by atoms with Crippen molar-refractivity contribution >= 4 is 71.0 Å². The van der Waals surface area contributed by atoms with Gasteiger partial charge in [0.25, 0.3) is 0 Å². The molecule has 47 heavy (non-hydrogen) atoms. The van der Waals surface area contributed by atoms with Gasteiger partial charge in [0, 0.05) is 25.9 Å². The van der Waals surface area contributed by atoms with E-state index in [4.69, 9.17) is 10.8 Å². The third-order valence-corrected chi connectivity index (χ3v) is 10.5. The highest BCUT2D eigenvalue weighted by Crippen LogP contribution is 2.46. The van der Waals surface area contributed by atoms with E-state index in [2.05, 4.69) is 140 Å². The minimum Gasteiger partial charge on any atom is -0.455 e. The van der Waals surface area contributed by atoms with E-state index in [0.717, 1.165) is 33.1 Å². The van der Waals surface area contributed by atoms with Crippen LogP contribution >= 0.6 is 11.3 Å². The van der Waals surface area contributed by atoms with Gasteiger partial charge < -0.3 is 4.42 Å². The Kier molecular flexibility index (Phi) is 6.35. The fourth-order valence-electron chi connectivity index (χ4n) is 7.31. The Morgan fingerprint density at radius 2 is 1.30 bits per heavy atom. The zero-order valence-corrected chi connectivity index (χ0v) is 26.6. The van der Waals surface area contributed by atoms with Crippen molar-refractivity contribution in [1.29, 1.82) is 0 Å². The molecular formula is C45H28OS. The summed E-state index contributed by atoms with van der Waals surface area (Å²) < 4.78 is 7.65. The number of hydrogen-bond donors (Lipinski definition) is 0. The van der Waals surface area contributed by atoms with Gasteiger partial charge in [0.1, 0.15) is 11.2 Å². The lowest BCUT2D eigenvalue weighted by atomic mass is 9.82. The van der Waals surface area contributed by atoms with Gasteiger partial charge in [0.15, 0.2) is 0 Å². The predicted molar refractivity (Wildman–Crippen MR) is 203 cm³/mol. The first kappa shape index (κ1) is 27.4. The molecule has 0 aliphatic heterocycles. The zero-order valence-electron chi connectivity index (χ0n) is 25.8. The average molecular weight is 617 g/mol. The number of para-hydroxylation sites is 2. The maximum Gasteiger partial charge on any atom is 0.144 e. The zero-order chi connectivity index (χ0) is 31.5. The lowest BCUT2D eigenvalue weighted by molar-refractivity contribution is 0.670. The summed E-state index contributed by atoms with van der Waals surface area (Å²) in [7, 11) is 0. The lowest BCUT2D eigenvalue weighted by Crippen LogP contribution is -1.96. The van der Waals surface area contributed by atoms with Crippen molar-refractivity contribution in [2.24, 2.45) is 0 Å². The highest BCUT2D eigenvalue weighted by molar-refractivity contribution is 7.22. The highest BCUT2D eigenvalue weighted by atomic mass is 32.1. The highest BCUT2D eigenvalue weighted by Gasteiger charge is 2.20. The van der Waals surface area contributed by atoms with Gasteiger partial charge in [-0.3, -0.25) is 0 Å². The summed E-state index contributed by atoms with van der Waals surface area (Å²) in [6, 6.07) is 47.9. The van der Waals surface area contributed by atoms with E-state index in [0.29, 0.717) is 0 Å². The molecule has 0 N–H and O–H groups in total. The van der Waals surface area contributed by atoms with Crippen LogP contribution in [0.5, 0.6) is 0 Å². The summed E-state index contributed by atoms with van der Waals surface area (Å²) in [6.45, 7) is 2.23. The van der Waals surface area contributed by atoms with E-state index >= 15 is 0 Å². The van der Waals surface area contributed by atoms with E-state index in [1.54, 1.807) is 0 Å². The Bertz CT molecular complexity index is 2760. The SMILES string of the molecule is C#C/C=C\c1c(C)c(-c2ccc3sc(-c4cccc5c4oc4ccccc45)cc3c2)c2ccccc2c1-c1cccc2ccccc12. The Hall–Kier alpha value is -5.88. The molecule has 0 radical (unpaired) electrons. The number of allylic oxidation sites excluding steroid dienone is 1. The monoisotopic (exact) mass is 616 g/mol. The molecule has 0 saturated carbocycles. The van der Waals surface area contributed by atoms with Crippen LogP contribution in [0.25, 0.3) is 92.3 Å². The van der Waals surface area contributed by atoms with Gasteiger partial charge in [0.2, 0.25) is 0 Å². The van der Waals surface area contributed by atoms with Gasteiger partial charge in [-0.05, 0) is 110 Å². The molecule has 0 bridgehead atoms. The molecule has 9 rings (SSSR count). The molecule has 0 saturated heterocycles. The van der Waals surface area contributed by atoms with Crippen LogP contribution in [0.4, 0.5) is 0 Å². The third-order valence-electron chi connectivity index (χ3n) is 9.39. The molecule has 220 valence electrons. The smallest absolute Gasteiger partial charge is 0.144 e. The van der Waals surface area contributed by atoms with Crippen LogP contribution in [0.3, 0.4) is 0 Å². The van der Waals surface area contributed by atoms with Crippen molar-refractivity contribution in [2.45, 2.75) is 6.92 Å².